The SMILES string of the molecule is CCOCCCNC(=O)C(C#N)=Cc1ccc(NC(C)=O)cc1. The Balaban J connectivity index is 2.62. The van der Waals surface area contributed by atoms with Crippen LogP contribution in [-0.2, 0) is 14.3 Å². The molecule has 0 aromatic heterocycles. The predicted octanol–water partition coefficient (Wildman–Crippen LogP) is 2.09. The first-order chi connectivity index (χ1) is 11.1. The van der Waals surface area contributed by atoms with Crippen LogP contribution in [0.3, 0.4) is 0 Å². The highest BCUT2D eigenvalue weighted by Crippen LogP contribution is 2.12. The fourth-order valence-corrected chi connectivity index (χ4v) is 1.80. The molecule has 1 aromatic rings. The highest BCUT2D eigenvalue weighted by Gasteiger charge is 2.08. The molecule has 0 atom stereocenters. The van der Waals surface area contributed by atoms with Crippen LogP contribution in [0.15, 0.2) is 29.8 Å². The number of carbonyl (C=O) groups is 2. The minimum Gasteiger partial charge on any atom is -0.382 e. The van der Waals surface area contributed by atoms with Gasteiger partial charge in [-0.05, 0) is 37.1 Å². The normalized spacial score (nSPS) is 10.7. The van der Waals surface area contributed by atoms with Crippen molar-refractivity contribution in [1.29, 1.82) is 5.26 Å². The van der Waals surface area contributed by atoms with E-state index >= 15 is 0 Å². The molecule has 0 saturated carbocycles. The van der Waals surface area contributed by atoms with Gasteiger partial charge in [-0.1, -0.05) is 12.1 Å². The molecular formula is C17H21N3O3. The van der Waals surface area contributed by atoms with Crippen LogP contribution >= 0.6 is 0 Å². The smallest absolute Gasteiger partial charge is 0.261 e. The Hall–Kier alpha value is -2.65. The fourth-order valence-electron chi connectivity index (χ4n) is 1.80. The third-order valence-corrected chi connectivity index (χ3v) is 2.86. The zero-order valence-corrected chi connectivity index (χ0v) is 13.4. The summed E-state index contributed by atoms with van der Waals surface area (Å²) in [6, 6.07) is 8.77. The zero-order valence-electron chi connectivity index (χ0n) is 13.4. The number of nitriles is 1. The van der Waals surface area contributed by atoms with Crippen LogP contribution in [0.5, 0.6) is 0 Å². The molecule has 122 valence electrons. The molecule has 0 unspecified atom stereocenters. The molecule has 0 bridgehead atoms. The number of ether oxygens (including phenoxy) is 1. The van der Waals surface area contributed by atoms with Crippen LogP contribution in [0, 0.1) is 11.3 Å². The summed E-state index contributed by atoms with van der Waals surface area (Å²) in [4.78, 5) is 22.9. The van der Waals surface area contributed by atoms with Gasteiger partial charge in [-0.3, -0.25) is 9.59 Å². The van der Waals surface area contributed by atoms with E-state index in [1.54, 1.807) is 24.3 Å². The third-order valence-electron chi connectivity index (χ3n) is 2.86. The first-order valence-corrected chi connectivity index (χ1v) is 7.42. The Bertz CT molecular complexity index is 601. The Kier molecular flexibility index (Phi) is 8.11. The first-order valence-electron chi connectivity index (χ1n) is 7.42. The highest BCUT2D eigenvalue weighted by molar-refractivity contribution is 6.01. The van der Waals surface area contributed by atoms with Gasteiger partial charge in [0.2, 0.25) is 5.91 Å². The summed E-state index contributed by atoms with van der Waals surface area (Å²) in [5, 5.41) is 14.4. The molecule has 0 saturated heterocycles. The van der Waals surface area contributed by atoms with E-state index in [9.17, 15) is 9.59 Å². The van der Waals surface area contributed by atoms with Crippen LogP contribution < -0.4 is 10.6 Å². The van der Waals surface area contributed by atoms with Gasteiger partial charge >= 0.3 is 0 Å². The monoisotopic (exact) mass is 315 g/mol. The predicted molar refractivity (Wildman–Crippen MR) is 88.5 cm³/mol. The number of hydrogen-bond acceptors (Lipinski definition) is 4. The maximum Gasteiger partial charge on any atom is 0.261 e. The van der Waals surface area contributed by atoms with Crippen molar-refractivity contribution in [2.24, 2.45) is 0 Å². The zero-order chi connectivity index (χ0) is 17.1. The number of anilines is 1. The van der Waals surface area contributed by atoms with E-state index in [0.29, 0.717) is 37.4 Å². The number of nitrogens with one attached hydrogen (secondary N) is 2. The maximum absolute atomic E-state index is 11.9. The molecule has 0 spiro atoms. The van der Waals surface area contributed by atoms with Crippen molar-refractivity contribution in [2.75, 3.05) is 25.1 Å². The molecule has 2 N–H and O–H groups in total. The van der Waals surface area contributed by atoms with Crippen LogP contribution in [0.1, 0.15) is 25.8 Å². The summed E-state index contributed by atoms with van der Waals surface area (Å²) in [6.45, 7) is 5.02. The summed E-state index contributed by atoms with van der Waals surface area (Å²) in [6.07, 6.45) is 2.21. The van der Waals surface area contributed by atoms with Crippen molar-refractivity contribution in [3.8, 4) is 6.07 Å². The Morgan fingerprint density at radius 1 is 1.30 bits per heavy atom. The second-order valence-electron chi connectivity index (χ2n) is 4.78. The van der Waals surface area contributed by atoms with Crippen molar-refractivity contribution < 1.29 is 14.3 Å². The lowest BCUT2D eigenvalue weighted by atomic mass is 10.1. The molecule has 6 nitrogen and oxygen atoms in total. The quantitative estimate of drug-likeness (QED) is 0.436. The molecule has 2 amide bonds. The van der Waals surface area contributed by atoms with Crippen LogP contribution in [0.2, 0.25) is 0 Å². The number of nitrogens with zero attached hydrogens (tertiary/aromatic N) is 1. The van der Waals surface area contributed by atoms with Crippen LogP contribution in [0.4, 0.5) is 5.69 Å². The minimum absolute atomic E-state index is 0.0358. The molecule has 1 aromatic carbocycles. The highest BCUT2D eigenvalue weighted by atomic mass is 16.5. The molecule has 0 fully saturated rings. The van der Waals surface area contributed by atoms with Gasteiger partial charge in [0.25, 0.3) is 5.91 Å². The van der Waals surface area contributed by atoms with Gasteiger partial charge in [0.1, 0.15) is 11.6 Å². The van der Waals surface area contributed by atoms with Gasteiger partial charge in [-0.2, -0.15) is 5.26 Å². The standard InChI is InChI=1S/C17H21N3O3/c1-3-23-10-4-9-19-17(22)15(12-18)11-14-5-7-16(8-6-14)20-13(2)21/h5-8,11H,3-4,9-10H2,1-2H3,(H,19,22)(H,20,21). The first kappa shape index (κ1) is 18.4. The van der Waals surface area contributed by atoms with E-state index in [-0.39, 0.29) is 11.5 Å². The summed E-state index contributed by atoms with van der Waals surface area (Å²) in [7, 11) is 0. The molecule has 0 heterocycles. The summed E-state index contributed by atoms with van der Waals surface area (Å²) in [5.41, 5.74) is 1.40. The molecule has 0 radical (unpaired) electrons. The van der Waals surface area contributed by atoms with E-state index in [4.69, 9.17) is 10.00 Å². The van der Waals surface area contributed by atoms with Gasteiger partial charge in [0, 0.05) is 32.4 Å². The Morgan fingerprint density at radius 2 is 2.00 bits per heavy atom. The molecular weight excluding hydrogens is 294 g/mol. The lowest BCUT2D eigenvalue weighted by molar-refractivity contribution is -0.117. The van der Waals surface area contributed by atoms with E-state index in [0.717, 1.165) is 0 Å². The summed E-state index contributed by atoms with van der Waals surface area (Å²) >= 11 is 0. The topological polar surface area (TPSA) is 91.2 Å². The molecule has 0 aliphatic carbocycles. The second-order valence-corrected chi connectivity index (χ2v) is 4.78. The molecule has 0 aliphatic rings. The van der Waals surface area contributed by atoms with Gasteiger partial charge in [-0.25, -0.2) is 0 Å². The van der Waals surface area contributed by atoms with Gasteiger partial charge in [0.05, 0.1) is 0 Å². The van der Waals surface area contributed by atoms with Gasteiger partial charge in [-0.15, -0.1) is 0 Å². The largest absolute Gasteiger partial charge is 0.382 e. The average molecular weight is 315 g/mol. The van der Waals surface area contributed by atoms with E-state index < -0.39 is 5.91 Å². The van der Waals surface area contributed by atoms with Gasteiger partial charge < -0.3 is 15.4 Å². The Morgan fingerprint density at radius 3 is 2.57 bits per heavy atom. The van der Waals surface area contributed by atoms with E-state index in [1.807, 2.05) is 13.0 Å². The van der Waals surface area contributed by atoms with Crippen molar-refractivity contribution >= 4 is 23.6 Å². The maximum atomic E-state index is 11.9. The number of hydrogen-bond donors (Lipinski definition) is 2. The Labute approximate surface area is 136 Å². The van der Waals surface area contributed by atoms with Crippen molar-refractivity contribution in [2.45, 2.75) is 20.3 Å². The van der Waals surface area contributed by atoms with E-state index in [1.165, 1.54) is 13.0 Å². The fraction of sp³-hybridized carbons (Fsp3) is 0.353. The minimum atomic E-state index is -0.407. The van der Waals surface area contributed by atoms with Gasteiger partial charge in [0.15, 0.2) is 0 Å². The molecule has 6 heteroatoms. The van der Waals surface area contributed by atoms with E-state index in [2.05, 4.69) is 10.6 Å². The average Bonchev–Trinajstić information content (AvgIpc) is 2.53. The lowest BCUT2D eigenvalue weighted by Gasteiger charge is -2.05. The number of amides is 2. The third kappa shape index (κ3) is 7.25. The van der Waals surface area contributed by atoms with Crippen molar-refractivity contribution in [3.05, 3.63) is 35.4 Å². The van der Waals surface area contributed by atoms with Crippen LogP contribution in [-0.4, -0.2) is 31.6 Å². The number of rotatable bonds is 8. The lowest BCUT2D eigenvalue weighted by Crippen LogP contribution is -2.26. The summed E-state index contributed by atoms with van der Waals surface area (Å²) < 4.78 is 5.18. The number of benzene rings is 1. The number of carbonyl (C=O) groups excluding carboxylic acids is 2. The second kappa shape index (κ2) is 10.1. The molecule has 1 rings (SSSR count). The molecule has 0 aliphatic heterocycles. The van der Waals surface area contributed by atoms with Crippen molar-refractivity contribution in [3.63, 3.8) is 0 Å². The summed E-state index contributed by atoms with van der Waals surface area (Å²) in [5.74, 6) is -0.563. The van der Waals surface area contributed by atoms with Crippen LogP contribution in [0.25, 0.3) is 6.08 Å². The van der Waals surface area contributed by atoms with Crippen molar-refractivity contribution in [1.82, 2.24) is 5.32 Å². The molecule has 23 heavy (non-hydrogen) atoms.